The van der Waals surface area contributed by atoms with E-state index < -0.39 is 0 Å². The van der Waals surface area contributed by atoms with Crippen molar-refractivity contribution < 1.29 is 4.79 Å². The summed E-state index contributed by atoms with van der Waals surface area (Å²) in [6.07, 6.45) is 3.47. The van der Waals surface area contributed by atoms with Crippen molar-refractivity contribution in [2.45, 2.75) is 39.7 Å². The molecule has 0 unspecified atom stereocenters. The van der Waals surface area contributed by atoms with Gasteiger partial charge in [-0.3, -0.25) is 4.79 Å². The Morgan fingerprint density at radius 3 is 2.61 bits per heavy atom. The molecular weight excluding hydrogens is 288 g/mol. The van der Waals surface area contributed by atoms with Gasteiger partial charge in [-0.2, -0.15) is 0 Å². The van der Waals surface area contributed by atoms with Crippen molar-refractivity contribution in [3.05, 3.63) is 35.4 Å². The minimum Gasteiger partial charge on any atom is -0.357 e. The first-order valence-electron chi connectivity index (χ1n) is 8.55. The molecule has 0 spiro atoms. The molecule has 5 nitrogen and oxygen atoms in total. The van der Waals surface area contributed by atoms with Crippen LogP contribution in [0.5, 0.6) is 0 Å². The lowest BCUT2D eigenvalue weighted by Gasteiger charge is -2.27. The van der Waals surface area contributed by atoms with Gasteiger partial charge in [0, 0.05) is 19.6 Å². The molecule has 1 aromatic carbocycles. The Labute approximate surface area is 139 Å². The number of hydrogen-bond acceptors (Lipinski definition) is 2. The van der Waals surface area contributed by atoms with Crippen molar-refractivity contribution in [2.24, 2.45) is 4.99 Å². The highest BCUT2D eigenvalue weighted by Gasteiger charge is 2.16. The number of amides is 1. The molecule has 0 radical (unpaired) electrons. The van der Waals surface area contributed by atoms with E-state index in [1.54, 1.807) is 0 Å². The number of aryl methyl sites for hydroxylation is 1. The summed E-state index contributed by atoms with van der Waals surface area (Å²) < 4.78 is 0. The topological polar surface area (TPSA) is 56.7 Å². The number of hydrogen-bond donors (Lipinski definition) is 2. The van der Waals surface area contributed by atoms with Crippen LogP contribution in [-0.4, -0.2) is 42.9 Å². The second-order valence-corrected chi connectivity index (χ2v) is 5.92. The van der Waals surface area contributed by atoms with Crippen molar-refractivity contribution in [2.75, 3.05) is 26.2 Å². The summed E-state index contributed by atoms with van der Waals surface area (Å²) >= 11 is 0. The van der Waals surface area contributed by atoms with E-state index in [2.05, 4.69) is 34.7 Å². The van der Waals surface area contributed by atoms with Crippen molar-refractivity contribution in [3.8, 4) is 0 Å². The number of carbonyl (C=O) groups is 1. The molecule has 1 heterocycles. The van der Waals surface area contributed by atoms with Crippen LogP contribution in [0.3, 0.4) is 0 Å². The standard InChI is InChI=1S/C18H28N4O/c1-3-19-18(20-13-16-10-6-5-9-15(16)2)21-14-17(23)22-11-7-4-8-12-22/h5-6,9-10H,3-4,7-8,11-14H2,1-2H3,(H2,19,20,21). The zero-order valence-corrected chi connectivity index (χ0v) is 14.3. The average molecular weight is 316 g/mol. The van der Waals surface area contributed by atoms with E-state index in [0.29, 0.717) is 19.0 Å². The third kappa shape index (κ3) is 5.58. The zero-order valence-electron chi connectivity index (χ0n) is 14.3. The van der Waals surface area contributed by atoms with Crippen molar-refractivity contribution in [1.82, 2.24) is 15.5 Å². The summed E-state index contributed by atoms with van der Waals surface area (Å²) in [5.74, 6) is 0.854. The number of benzene rings is 1. The van der Waals surface area contributed by atoms with Crippen LogP contribution in [0.1, 0.15) is 37.3 Å². The van der Waals surface area contributed by atoms with Gasteiger partial charge < -0.3 is 15.5 Å². The molecule has 1 saturated heterocycles. The maximum absolute atomic E-state index is 12.2. The van der Waals surface area contributed by atoms with Crippen LogP contribution in [-0.2, 0) is 11.3 Å². The van der Waals surface area contributed by atoms with Crippen LogP contribution in [0.25, 0.3) is 0 Å². The first kappa shape index (κ1) is 17.3. The molecule has 1 aromatic rings. The predicted molar refractivity (Wildman–Crippen MR) is 94.4 cm³/mol. The maximum atomic E-state index is 12.2. The van der Waals surface area contributed by atoms with Gasteiger partial charge in [-0.15, -0.1) is 0 Å². The monoisotopic (exact) mass is 316 g/mol. The first-order valence-corrected chi connectivity index (χ1v) is 8.55. The summed E-state index contributed by atoms with van der Waals surface area (Å²) in [4.78, 5) is 18.7. The Morgan fingerprint density at radius 2 is 1.91 bits per heavy atom. The molecule has 0 aromatic heterocycles. The molecule has 5 heteroatoms. The van der Waals surface area contributed by atoms with Gasteiger partial charge >= 0.3 is 0 Å². The molecule has 0 bridgehead atoms. The number of aliphatic imine (C=N–C) groups is 1. The van der Waals surface area contributed by atoms with Gasteiger partial charge in [-0.25, -0.2) is 4.99 Å². The molecule has 2 rings (SSSR count). The van der Waals surface area contributed by atoms with E-state index in [9.17, 15) is 4.79 Å². The third-order valence-electron chi connectivity index (χ3n) is 4.13. The van der Waals surface area contributed by atoms with Crippen molar-refractivity contribution in [1.29, 1.82) is 0 Å². The van der Waals surface area contributed by atoms with Crippen LogP contribution in [0, 0.1) is 6.92 Å². The second kappa shape index (κ2) is 9.18. The van der Waals surface area contributed by atoms with Gasteiger partial charge in [-0.05, 0) is 44.2 Å². The lowest BCUT2D eigenvalue weighted by Crippen LogP contribution is -2.46. The summed E-state index contributed by atoms with van der Waals surface area (Å²) in [6, 6.07) is 8.23. The summed E-state index contributed by atoms with van der Waals surface area (Å²) in [5.41, 5.74) is 2.43. The average Bonchev–Trinajstić information content (AvgIpc) is 2.59. The van der Waals surface area contributed by atoms with E-state index >= 15 is 0 Å². The van der Waals surface area contributed by atoms with Gasteiger partial charge in [-0.1, -0.05) is 24.3 Å². The van der Waals surface area contributed by atoms with Crippen LogP contribution in [0.4, 0.5) is 0 Å². The number of piperidine rings is 1. The largest absolute Gasteiger partial charge is 0.357 e. The Bertz CT molecular complexity index is 536. The van der Waals surface area contributed by atoms with Crippen LogP contribution >= 0.6 is 0 Å². The third-order valence-corrected chi connectivity index (χ3v) is 4.13. The predicted octanol–water partition coefficient (Wildman–Crippen LogP) is 2.06. The fourth-order valence-corrected chi connectivity index (χ4v) is 2.71. The molecule has 1 amide bonds. The van der Waals surface area contributed by atoms with Crippen molar-refractivity contribution >= 4 is 11.9 Å². The number of guanidine groups is 1. The molecule has 1 fully saturated rings. The van der Waals surface area contributed by atoms with E-state index in [1.807, 2.05) is 24.0 Å². The van der Waals surface area contributed by atoms with E-state index in [-0.39, 0.29) is 5.91 Å². The van der Waals surface area contributed by atoms with Crippen LogP contribution in [0.2, 0.25) is 0 Å². The second-order valence-electron chi connectivity index (χ2n) is 5.92. The quantitative estimate of drug-likeness (QED) is 0.646. The number of likely N-dealkylation sites (tertiary alicyclic amines) is 1. The van der Waals surface area contributed by atoms with Gasteiger partial charge in [0.15, 0.2) is 5.96 Å². The zero-order chi connectivity index (χ0) is 16.5. The number of carbonyl (C=O) groups excluding carboxylic acids is 1. The number of rotatable bonds is 5. The fourth-order valence-electron chi connectivity index (χ4n) is 2.71. The van der Waals surface area contributed by atoms with Crippen LogP contribution in [0.15, 0.2) is 29.3 Å². The fraction of sp³-hybridized carbons (Fsp3) is 0.556. The van der Waals surface area contributed by atoms with E-state index in [1.165, 1.54) is 17.5 Å². The molecule has 1 aliphatic heterocycles. The van der Waals surface area contributed by atoms with Gasteiger partial charge in [0.1, 0.15) is 0 Å². The minimum absolute atomic E-state index is 0.159. The minimum atomic E-state index is 0.159. The molecule has 23 heavy (non-hydrogen) atoms. The number of nitrogens with zero attached hydrogens (tertiary/aromatic N) is 2. The maximum Gasteiger partial charge on any atom is 0.241 e. The van der Waals surface area contributed by atoms with Crippen molar-refractivity contribution in [3.63, 3.8) is 0 Å². The molecule has 126 valence electrons. The molecule has 0 atom stereocenters. The van der Waals surface area contributed by atoms with Gasteiger partial charge in [0.25, 0.3) is 0 Å². The Kier molecular flexibility index (Phi) is 6.91. The van der Waals surface area contributed by atoms with E-state index in [4.69, 9.17) is 0 Å². The molecule has 1 aliphatic rings. The normalized spacial score (nSPS) is 15.4. The highest BCUT2D eigenvalue weighted by molar-refractivity contribution is 5.86. The Balaban J connectivity index is 1.88. The molecule has 2 N–H and O–H groups in total. The summed E-state index contributed by atoms with van der Waals surface area (Å²) in [5, 5.41) is 6.35. The molecule has 0 aliphatic carbocycles. The molecular formula is C18H28N4O. The summed E-state index contributed by atoms with van der Waals surface area (Å²) in [6.45, 7) is 7.58. The van der Waals surface area contributed by atoms with Gasteiger partial charge in [0.05, 0.1) is 13.1 Å². The van der Waals surface area contributed by atoms with E-state index in [0.717, 1.165) is 32.5 Å². The lowest BCUT2D eigenvalue weighted by molar-refractivity contribution is -0.130. The highest BCUT2D eigenvalue weighted by atomic mass is 16.2. The van der Waals surface area contributed by atoms with Crippen LogP contribution < -0.4 is 10.6 Å². The lowest BCUT2D eigenvalue weighted by atomic mass is 10.1. The smallest absolute Gasteiger partial charge is 0.241 e. The SMILES string of the molecule is CCNC(=NCc1ccccc1C)NCC(=O)N1CCCCC1. The summed E-state index contributed by atoms with van der Waals surface area (Å²) in [7, 11) is 0. The number of nitrogens with one attached hydrogen (secondary N) is 2. The highest BCUT2D eigenvalue weighted by Crippen LogP contribution is 2.09. The van der Waals surface area contributed by atoms with Gasteiger partial charge in [0.2, 0.25) is 5.91 Å². The Morgan fingerprint density at radius 1 is 1.17 bits per heavy atom. The Hall–Kier alpha value is -2.04. The molecule has 0 saturated carbocycles. The first-order chi connectivity index (χ1) is 11.2.